The first-order chi connectivity index (χ1) is 10.8. The second-order valence-electron chi connectivity index (χ2n) is 7.23. The standard InChI is InChI=1S/C16H28N2O6/c1-15(2,3)23-12(20)8-7-11(13(21)24-16(4,5)6)18-14(22)17-9-10-19/h10-11H,7-9H2,1-6H3,(H2,17,18,22)/t11-/m0/s1. The molecule has 0 unspecified atom stereocenters. The molecule has 0 aromatic carbocycles. The molecule has 0 aromatic heterocycles. The number of carbonyl (C=O) groups is 4. The molecule has 2 N–H and O–H groups in total. The zero-order chi connectivity index (χ0) is 19.0. The van der Waals surface area contributed by atoms with Crippen molar-refractivity contribution in [2.45, 2.75) is 71.6 Å². The summed E-state index contributed by atoms with van der Waals surface area (Å²) in [6, 6.07) is -1.72. The van der Waals surface area contributed by atoms with Crippen molar-refractivity contribution in [2.75, 3.05) is 6.54 Å². The summed E-state index contributed by atoms with van der Waals surface area (Å²) in [5.41, 5.74) is -1.37. The van der Waals surface area contributed by atoms with Gasteiger partial charge in [0.1, 0.15) is 23.5 Å². The van der Waals surface area contributed by atoms with Gasteiger partial charge in [-0.3, -0.25) is 4.79 Å². The molecule has 8 nitrogen and oxygen atoms in total. The van der Waals surface area contributed by atoms with Gasteiger partial charge in [-0.1, -0.05) is 0 Å². The van der Waals surface area contributed by atoms with E-state index in [0.717, 1.165) is 0 Å². The first-order valence-electron chi connectivity index (χ1n) is 7.77. The largest absolute Gasteiger partial charge is 0.460 e. The number of hydrogen-bond donors (Lipinski definition) is 2. The van der Waals surface area contributed by atoms with E-state index in [2.05, 4.69) is 10.6 Å². The fourth-order valence-corrected chi connectivity index (χ4v) is 1.62. The number of nitrogens with one attached hydrogen (secondary N) is 2. The van der Waals surface area contributed by atoms with Gasteiger partial charge in [-0.05, 0) is 48.0 Å². The molecule has 0 fully saturated rings. The van der Waals surface area contributed by atoms with Crippen LogP contribution in [0, 0.1) is 0 Å². The molecule has 0 heterocycles. The van der Waals surface area contributed by atoms with Crippen LogP contribution in [-0.2, 0) is 23.9 Å². The Morgan fingerprint density at radius 1 is 1.00 bits per heavy atom. The smallest absolute Gasteiger partial charge is 0.329 e. The van der Waals surface area contributed by atoms with Crippen LogP contribution in [0.25, 0.3) is 0 Å². The molecule has 1 atom stereocenters. The maximum atomic E-state index is 12.2. The second-order valence-corrected chi connectivity index (χ2v) is 7.23. The van der Waals surface area contributed by atoms with Crippen molar-refractivity contribution < 1.29 is 28.7 Å². The number of ether oxygens (including phenoxy) is 2. The summed E-state index contributed by atoms with van der Waals surface area (Å²) >= 11 is 0. The fraction of sp³-hybridized carbons (Fsp3) is 0.750. The van der Waals surface area contributed by atoms with Crippen LogP contribution in [-0.4, -0.2) is 48.0 Å². The van der Waals surface area contributed by atoms with E-state index < -0.39 is 35.2 Å². The molecular weight excluding hydrogens is 316 g/mol. The van der Waals surface area contributed by atoms with Crippen LogP contribution in [0.3, 0.4) is 0 Å². The topological polar surface area (TPSA) is 111 Å². The summed E-state index contributed by atoms with van der Waals surface area (Å²) < 4.78 is 10.4. The van der Waals surface area contributed by atoms with Gasteiger partial charge in [0.05, 0.1) is 6.54 Å². The average molecular weight is 344 g/mol. The minimum Gasteiger partial charge on any atom is -0.460 e. The molecule has 24 heavy (non-hydrogen) atoms. The van der Waals surface area contributed by atoms with Crippen LogP contribution in [0.4, 0.5) is 4.79 Å². The van der Waals surface area contributed by atoms with Crippen LogP contribution in [0.1, 0.15) is 54.4 Å². The van der Waals surface area contributed by atoms with Crippen molar-refractivity contribution in [1.29, 1.82) is 0 Å². The molecular formula is C16H28N2O6. The number of esters is 2. The minimum absolute atomic E-state index is 0.0261. The van der Waals surface area contributed by atoms with Crippen LogP contribution in [0.5, 0.6) is 0 Å². The number of hydrogen-bond acceptors (Lipinski definition) is 6. The molecule has 0 saturated carbocycles. The molecule has 0 radical (unpaired) electrons. The average Bonchev–Trinajstić information content (AvgIpc) is 2.36. The molecule has 0 spiro atoms. The lowest BCUT2D eigenvalue weighted by molar-refractivity contribution is -0.158. The first-order valence-corrected chi connectivity index (χ1v) is 7.77. The SMILES string of the molecule is CC(C)(C)OC(=O)CC[C@H](NC(=O)NCC=O)C(=O)OC(C)(C)C. The van der Waals surface area contributed by atoms with Gasteiger partial charge in [0, 0.05) is 6.42 Å². The van der Waals surface area contributed by atoms with E-state index in [1.54, 1.807) is 41.5 Å². The molecule has 0 aromatic rings. The summed E-state index contributed by atoms with van der Waals surface area (Å²) in [6.45, 7) is 10.1. The van der Waals surface area contributed by atoms with Gasteiger partial charge in [0.25, 0.3) is 0 Å². The maximum absolute atomic E-state index is 12.2. The van der Waals surface area contributed by atoms with Gasteiger partial charge in [-0.15, -0.1) is 0 Å². The second kappa shape index (κ2) is 9.24. The Kier molecular flexibility index (Phi) is 8.43. The van der Waals surface area contributed by atoms with Gasteiger partial charge >= 0.3 is 18.0 Å². The molecule has 0 saturated heterocycles. The summed E-state index contributed by atoms with van der Waals surface area (Å²) in [5.74, 6) is -1.14. The third-order valence-electron chi connectivity index (χ3n) is 2.40. The Hall–Kier alpha value is -2.12. The third-order valence-corrected chi connectivity index (χ3v) is 2.40. The normalized spacial score (nSPS) is 12.8. The highest BCUT2D eigenvalue weighted by atomic mass is 16.6. The molecule has 0 bridgehead atoms. The molecule has 0 aliphatic heterocycles. The lowest BCUT2D eigenvalue weighted by Gasteiger charge is -2.25. The summed E-state index contributed by atoms with van der Waals surface area (Å²) in [6.07, 6.45) is 0.482. The third kappa shape index (κ3) is 11.4. The van der Waals surface area contributed by atoms with Crippen molar-refractivity contribution in [2.24, 2.45) is 0 Å². The molecule has 0 aliphatic carbocycles. The number of urea groups is 1. The monoisotopic (exact) mass is 344 g/mol. The van der Waals surface area contributed by atoms with Crippen molar-refractivity contribution >= 4 is 24.3 Å². The van der Waals surface area contributed by atoms with Crippen molar-refractivity contribution in [3.05, 3.63) is 0 Å². The Labute approximate surface area is 142 Å². The predicted octanol–water partition coefficient (Wildman–Crippen LogP) is 1.32. The lowest BCUT2D eigenvalue weighted by Crippen LogP contribution is -2.48. The van der Waals surface area contributed by atoms with Gasteiger partial charge < -0.3 is 24.9 Å². The Morgan fingerprint density at radius 3 is 2.00 bits per heavy atom. The fourth-order valence-electron chi connectivity index (χ4n) is 1.62. The molecule has 0 aliphatic rings. The number of amides is 2. The minimum atomic E-state index is -1.02. The van der Waals surface area contributed by atoms with Crippen LogP contribution in [0.2, 0.25) is 0 Å². The number of rotatable bonds is 7. The lowest BCUT2D eigenvalue weighted by atomic mass is 10.1. The van der Waals surface area contributed by atoms with Crippen molar-refractivity contribution in [1.82, 2.24) is 10.6 Å². The summed E-state index contributed by atoms with van der Waals surface area (Å²) in [7, 11) is 0. The van der Waals surface area contributed by atoms with E-state index in [9.17, 15) is 19.2 Å². The van der Waals surface area contributed by atoms with Gasteiger partial charge in [-0.25, -0.2) is 9.59 Å². The van der Waals surface area contributed by atoms with E-state index in [1.807, 2.05) is 0 Å². The quantitative estimate of drug-likeness (QED) is 0.532. The van der Waals surface area contributed by atoms with Crippen LogP contribution < -0.4 is 10.6 Å². The summed E-state index contributed by atoms with van der Waals surface area (Å²) in [4.78, 5) is 45.9. The molecule has 138 valence electrons. The molecule has 0 rings (SSSR count). The van der Waals surface area contributed by atoms with E-state index >= 15 is 0 Å². The number of aldehydes is 1. The summed E-state index contributed by atoms with van der Waals surface area (Å²) in [5, 5.41) is 4.67. The molecule has 2 amide bonds. The van der Waals surface area contributed by atoms with Crippen LogP contribution >= 0.6 is 0 Å². The Balaban J connectivity index is 4.79. The van der Waals surface area contributed by atoms with E-state index in [-0.39, 0.29) is 19.4 Å². The van der Waals surface area contributed by atoms with Gasteiger partial charge in [0.15, 0.2) is 0 Å². The highest BCUT2D eigenvalue weighted by Crippen LogP contribution is 2.13. The Morgan fingerprint density at radius 2 is 1.54 bits per heavy atom. The van der Waals surface area contributed by atoms with E-state index in [0.29, 0.717) is 6.29 Å². The van der Waals surface area contributed by atoms with E-state index in [4.69, 9.17) is 9.47 Å². The molecule has 8 heteroatoms. The zero-order valence-electron chi connectivity index (χ0n) is 15.2. The maximum Gasteiger partial charge on any atom is 0.329 e. The predicted molar refractivity (Wildman–Crippen MR) is 87.3 cm³/mol. The van der Waals surface area contributed by atoms with Gasteiger partial charge in [0.2, 0.25) is 0 Å². The Bertz CT molecular complexity index is 462. The van der Waals surface area contributed by atoms with Crippen LogP contribution in [0.15, 0.2) is 0 Å². The van der Waals surface area contributed by atoms with Crippen molar-refractivity contribution in [3.63, 3.8) is 0 Å². The highest BCUT2D eigenvalue weighted by molar-refractivity contribution is 5.85. The first kappa shape index (κ1) is 21.9. The van der Waals surface area contributed by atoms with Crippen molar-refractivity contribution in [3.8, 4) is 0 Å². The van der Waals surface area contributed by atoms with Gasteiger partial charge in [-0.2, -0.15) is 0 Å². The zero-order valence-corrected chi connectivity index (χ0v) is 15.2. The number of carbonyl (C=O) groups excluding carboxylic acids is 4. The highest BCUT2D eigenvalue weighted by Gasteiger charge is 2.28. The van der Waals surface area contributed by atoms with E-state index in [1.165, 1.54) is 0 Å².